The molecule has 2 aromatic rings. The van der Waals surface area contributed by atoms with E-state index in [0.29, 0.717) is 32.1 Å². The average Bonchev–Trinajstić information content (AvgIpc) is 2.88. The van der Waals surface area contributed by atoms with E-state index in [1.54, 1.807) is 11.0 Å². The topological polar surface area (TPSA) is 84.9 Å². The van der Waals surface area contributed by atoms with Crippen molar-refractivity contribution in [1.29, 1.82) is 0 Å². The van der Waals surface area contributed by atoms with Gasteiger partial charge in [0, 0.05) is 38.3 Å². The van der Waals surface area contributed by atoms with Gasteiger partial charge >= 0.3 is 0 Å². The molecular formula is C25H32N2O5S. The standard InChI is InChI=1S/C25H32N2O5S/c1-31-23-11-10-21(18-22(23)24(28)27-14-6-3-7-15-27)33(29,30)26-19-25(12-16-32-17-13-25)20-8-4-2-5-9-20/h2,4-5,8-11,18,26H,3,6-7,12-17,19H2,1H3. The van der Waals surface area contributed by atoms with Crippen LogP contribution >= 0.6 is 0 Å². The van der Waals surface area contributed by atoms with Crippen LogP contribution in [0, 0.1) is 0 Å². The fourth-order valence-corrected chi connectivity index (χ4v) is 5.88. The van der Waals surface area contributed by atoms with E-state index in [1.165, 1.54) is 19.2 Å². The zero-order valence-electron chi connectivity index (χ0n) is 19.1. The maximum Gasteiger partial charge on any atom is 0.257 e. The zero-order chi connectivity index (χ0) is 23.3. The quantitative estimate of drug-likeness (QED) is 0.668. The van der Waals surface area contributed by atoms with Gasteiger partial charge in [0.1, 0.15) is 5.75 Å². The van der Waals surface area contributed by atoms with Crippen LogP contribution in [-0.4, -0.2) is 59.2 Å². The minimum atomic E-state index is -3.83. The molecule has 2 heterocycles. The lowest BCUT2D eigenvalue weighted by atomic mass is 9.74. The van der Waals surface area contributed by atoms with Crippen LogP contribution in [0.4, 0.5) is 0 Å². The summed E-state index contributed by atoms with van der Waals surface area (Å²) in [6.45, 7) is 2.81. The van der Waals surface area contributed by atoms with Gasteiger partial charge in [-0.15, -0.1) is 0 Å². The first kappa shape index (κ1) is 23.7. The highest BCUT2D eigenvalue weighted by molar-refractivity contribution is 7.89. The number of sulfonamides is 1. The second-order valence-corrected chi connectivity index (χ2v) is 10.6. The molecule has 0 aliphatic carbocycles. The van der Waals surface area contributed by atoms with E-state index in [1.807, 2.05) is 30.3 Å². The molecule has 7 nitrogen and oxygen atoms in total. The van der Waals surface area contributed by atoms with E-state index < -0.39 is 10.0 Å². The van der Waals surface area contributed by atoms with E-state index in [0.717, 1.165) is 37.7 Å². The lowest BCUT2D eigenvalue weighted by Crippen LogP contribution is -2.44. The lowest BCUT2D eigenvalue weighted by Gasteiger charge is -2.37. The molecule has 2 fully saturated rings. The molecule has 0 saturated carbocycles. The summed E-state index contributed by atoms with van der Waals surface area (Å²) in [5.74, 6) is 0.198. The van der Waals surface area contributed by atoms with Crippen LogP contribution in [0.5, 0.6) is 5.75 Å². The highest BCUT2D eigenvalue weighted by atomic mass is 32.2. The maximum absolute atomic E-state index is 13.3. The molecule has 2 aromatic carbocycles. The Bertz CT molecular complexity index is 1060. The first-order valence-electron chi connectivity index (χ1n) is 11.6. The maximum atomic E-state index is 13.3. The number of nitrogens with one attached hydrogen (secondary N) is 1. The normalized spacial score (nSPS) is 18.6. The molecule has 0 aromatic heterocycles. The van der Waals surface area contributed by atoms with Crippen LogP contribution in [0.15, 0.2) is 53.4 Å². The molecule has 8 heteroatoms. The summed E-state index contributed by atoms with van der Waals surface area (Å²) in [5, 5.41) is 0. The van der Waals surface area contributed by atoms with Crippen LogP contribution in [0.1, 0.15) is 48.0 Å². The molecule has 0 atom stereocenters. The summed E-state index contributed by atoms with van der Waals surface area (Å²) in [6, 6.07) is 14.5. The Labute approximate surface area is 196 Å². The molecule has 1 N–H and O–H groups in total. The number of methoxy groups -OCH3 is 1. The van der Waals surface area contributed by atoms with Crippen molar-refractivity contribution in [3.8, 4) is 5.75 Å². The van der Waals surface area contributed by atoms with Crippen LogP contribution in [0.2, 0.25) is 0 Å². The van der Waals surface area contributed by atoms with Gasteiger partial charge in [0.15, 0.2) is 0 Å². The van der Waals surface area contributed by atoms with E-state index in [4.69, 9.17) is 9.47 Å². The molecule has 0 bridgehead atoms. The fourth-order valence-electron chi connectivity index (χ4n) is 4.73. The van der Waals surface area contributed by atoms with E-state index >= 15 is 0 Å². The van der Waals surface area contributed by atoms with Crippen molar-refractivity contribution in [3.05, 3.63) is 59.7 Å². The largest absolute Gasteiger partial charge is 0.496 e. The van der Waals surface area contributed by atoms with Crippen molar-refractivity contribution in [2.45, 2.75) is 42.4 Å². The van der Waals surface area contributed by atoms with Gasteiger partial charge in [-0.25, -0.2) is 13.1 Å². The summed E-state index contributed by atoms with van der Waals surface area (Å²) >= 11 is 0. The predicted molar refractivity (Wildman–Crippen MR) is 126 cm³/mol. The van der Waals surface area contributed by atoms with Gasteiger partial charge in [-0.3, -0.25) is 4.79 Å². The molecule has 2 aliphatic heterocycles. The summed E-state index contributed by atoms with van der Waals surface area (Å²) in [7, 11) is -2.35. The van der Waals surface area contributed by atoms with Crippen LogP contribution in [-0.2, 0) is 20.2 Å². The SMILES string of the molecule is COc1ccc(S(=O)(=O)NCC2(c3ccccc3)CCOCC2)cc1C(=O)N1CCCCC1. The Morgan fingerprint density at radius 3 is 2.42 bits per heavy atom. The second kappa shape index (κ2) is 10.2. The third-order valence-electron chi connectivity index (χ3n) is 6.79. The van der Waals surface area contributed by atoms with E-state index in [2.05, 4.69) is 4.72 Å². The number of amides is 1. The van der Waals surface area contributed by atoms with Gasteiger partial charge in [-0.2, -0.15) is 0 Å². The number of hydrogen-bond donors (Lipinski definition) is 1. The number of rotatable bonds is 7. The molecule has 0 spiro atoms. The number of piperidine rings is 1. The van der Waals surface area contributed by atoms with E-state index in [9.17, 15) is 13.2 Å². The van der Waals surface area contributed by atoms with Gasteiger partial charge in [-0.05, 0) is 55.9 Å². The highest BCUT2D eigenvalue weighted by Crippen LogP contribution is 2.35. The third-order valence-corrected chi connectivity index (χ3v) is 8.19. The van der Waals surface area contributed by atoms with Crippen molar-refractivity contribution < 1.29 is 22.7 Å². The molecule has 0 radical (unpaired) electrons. The first-order valence-corrected chi connectivity index (χ1v) is 13.0. The molecule has 2 saturated heterocycles. The molecule has 1 amide bonds. The fraction of sp³-hybridized carbons (Fsp3) is 0.480. The minimum Gasteiger partial charge on any atom is -0.496 e. The summed E-state index contributed by atoms with van der Waals surface area (Å²) in [6.07, 6.45) is 4.49. The lowest BCUT2D eigenvalue weighted by molar-refractivity contribution is 0.0517. The van der Waals surface area contributed by atoms with Crippen LogP contribution in [0.3, 0.4) is 0 Å². The molecule has 4 rings (SSSR count). The Balaban J connectivity index is 1.58. The average molecular weight is 473 g/mol. The van der Waals surface area contributed by atoms with Crippen molar-refractivity contribution in [2.75, 3.05) is 40.0 Å². The number of benzene rings is 2. The highest BCUT2D eigenvalue weighted by Gasteiger charge is 2.36. The number of ether oxygens (including phenoxy) is 2. The van der Waals surface area contributed by atoms with Crippen LogP contribution < -0.4 is 9.46 Å². The summed E-state index contributed by atoms with van der Waals surface area (Å²) in [4.78, 5) is 15.0. The second-order valence-electron chi connectivity index (χ2n) is 8.80. The third kappa shape index (κ3) is 5.23. The Morgan fingerprint density at radius 2 is 1.76 bits per heavy atom. The van der Waals surface area contributed by atoms with E-state index in [-0.39, 0.29) is 28.3 Å². The first-order chi connectivity index (χ1) is 16.0. The number of nitrogens with zero attached hydrogens (tertiary/aromatic N) is 1. The predicted octanol–water partition coefficient (Wildman–Crippen LogP) is 3.35. The molecule has 33 heavy (non-hydrogen) atoms. The smallest absolute Gasteiger partial charge is 0.257 e. The Hall–Kier alpha value is -2.42. The minimum absolute atomic E-state index is 0.0685. The zero-order valence-corrected chi connectivity index (χ0v) is 19.9. The summed E-state index contributed by atoms with van der Waals surface area (Å²) in [5.41, 5.74) is 1.06. The van der Waals surface area contributed by atoms with Crippen molar-refractivity contribution in [1.82, 2.24) is 9.62 Å². The number of hydrogen-bond acceptors (Lipinski definition) is 5. The molecular weight excluding hydrogens is 440 g/mol. The van der Waals surface area contributed by atoms with Crippen molar-refractivity contribution >= 4 is 15.9 Å². The van der Waals surface area contributed by atoms with Gasteiger partial charge in [0.05, 0.1) is 17.6 Å². The molecule has 0 unspecified atom stereocenters. The summed E-state index contributed by atoms with van der Waals surface area (Å²) < 4.78 is 40.3. The van der Waals surface area contributed by atoms with Gasteiger partial charge in [0.25, 0.3) is 5.91 Å². The Morgan fingerprint density at radius 1 is 1.06 bits per heavy atom. The Kier molecular flexibility index (Phi) is 7.36. The van der Waals surface area contributed by atoms with Gasteiger partial charge in [-0.1, -0.05) is 30.3 Å². The monoisotopic (exact) mass is 472 g/mol. The van der Waals surface area contributed by atoms with Gasteiger partial charge in [0.2, 0.25) is 10.0 Å². The van der Waals surface area contributed by atoms with Crippen molar-refractivity contribution in [3.63, 3.8) is 0 Å². The van der Waals surface area contributed by atoms with Crippen molar-refractivity contribution in [2.24, 2.45) is 0 Å². The van der Waals surface area contributed by atoms with Crippen LogP contribution in [0.25, 0.3) is 0 Å². The molecule has 2 aliphatic rings. The molecule has 178 valence electrons. The number of likely N-dealkylation sites (tertiary alicyclic amines) is 1. The number of carbonyl (C=O) groups is 1. The van der Waals surface area contributed by atoms with Gasteiger partial charge < -0.3 is 14.4 Å². The number of carbonyl (C=O) groups excluding carboxylic acids is 1.